The topological polar surface area (TPSA) is 0 Å². The molecule has 0 bridgehead atoms. The van der Waals surface area contributed by atoms with E-state index >= 15 is 0 Å². The molecule has 1 aromatic carbocycles. The second-order valence-corrected chi connectivity index (χ2v) is 3.92. The Bertz CT molecular complexity index is 286. The van der Waals surface area contributed by atoms with Crippen molar-refractivity contribution in [2.24, 2.45) is 5.92 Å². The molecule has 0 heteroatoms. The lowest BCUT2D eigenvalue weighted by Crippen LogP contribution is -1.91. The quantitative estimate of drug-likeness (QED) is 0.525. The molecule has 0 N–H and O–H groups in total. The minimum Gasteiger partial charge on any atom is -0.0620 e. The van der Waals surface area contributed by atoms with E-state index in [4.69, 9.17) is 0 Å². The zero-order valence-corrected chi connectivity index (χ0v) is 6.75. The van der Waals surface area contributed by atoms with Crippen LogP contribution in [0.4, 0.5) is 0 Å². The summed E-state index contributed by atoms with van der Waals surface area (Å²) < 4.78 is 0. The van der Waals surface area contributed by atoms with E-state index in [9.17, 15) is 0 Å². The van der Waals surface area contributed by atoms with Crippen LogP contribution in [-0.4, -0.2) is 0 Å². The molecule has 0 radical (unpaired) electrons. The molecule has 56 valence electrons. The highest BCUT2D eigenvalue weighted by Gasteiger charge is 2.49. The van der Waals surface area contributed by atoms with Gasteiger partial charge in [-0.2, -0.15) is 0 Å². The van der Waals surface area contributed by atoms with Gasteiger partial charge in [0.05, 0.1) is 0 Å². The molecule has 0 amide bonds. The maximum Gasteiger partial charge on any atom is -0.0122 e. The lowest BCUT2D eigenvalue weighted by atomic mass is 9.98. The van der Waals surface area contributed by atoms with Gasteiger partial charge in [-0.05, 0) is 35.3 Å². The van der Waals surface area contributed by atoms with E-state index in [-0.39, 0.29) is 0 Å². The third-order valence-electron chi connectivity index (χ3n) is 3.37. The summed E-state index contributed by atoms with van der Waals surface area (Å²) in [5.41, 5.74) is 3.26. The molecule has 1 aromatic rings. The lowest BCUT2D eigenvalue weighted by molar-refractivity contribution is 0.686. The molecule has 1 saturated carbocycles. The second kappa shape index (κ2) is 1.69. The van der Waals surface area contributed by atoms with Gasteiger partial charge in [0.2, 0.25) is 0 Å². The summed E-state index contributed by atoms with van der Waals surface area (Å²) >= 11 is 0. The number of benzene rings is 1. The first kappa shape index (κ1) is 5.82. The Labute approximate surface area is 67.2 Å². The SMILES string of the molecule is C[C@@H]1c2ccccc2[C@H]2C[C@H]12. The fourth-order valence-corrected chi connectivity index (χ4v) is 2.62. The molecule has 11 heavy (non-hydrogen) atoms. The first-order valence-corrected chi connectivity index (χ1v) is 4.47. The van der Waals surface area contributed by atoms with Crippen molar-refractivity contribution in [1.29, 1.82) is 0 Å². The van der Waals surface area contributed by atoms with Gasteiger partial charge in [-0.3, -0.25) is 0 Å². The molecule has 2 aliphatic carbocycles. The summed E-state index contributed by atoms with van der Waals surface area (Å²) in [6, 6.07) is 8.95. The molecule has 0 nitrogen and oxygen atoms in total. The van der Waals surface area contributed by atoms with Gasteiger partial charge in [-0.25, -0.2) is 0 Å². The van der Waals surface area contributed by atoms with E-state index in [2.05, 4.69) is 31.2 Å². The number of fused-ring (bicyclic) bond motifs is 3. The van der Waals surface area contributed by atoms with Gasteiger partial charge < -0.3 is 0 Å². The molecule has 0 aromatic heterocycles. The average molecular weight is 144 g/mol. The van der Waals surface area contributed by atoms with E-state index in [0.717, 1.165) is 17.8 Å². The van der Waals surface area contributed by atoms with Crippen molar-refractivity contribution in [3.63, 3.8) is 0 Å². The van der Waals surface area contributed by atoms with Crippen LogP contribution >= 0.6 is 0 Å². The van der Waals surface area contributed by atoms with Gasteiger partial charge in [0, 0.05) is 0 Å². The normalized spacial score (nSPS) is 38.1. The fourth-order valence-electron chi connectivity index (χ4n) is 2.62. The fraction of sp³-hybridized carbons (Fsp3) is 0.455. The van der Waals surface area contributed by atoms with Crippen molar-refractivity contribution in [3.8, 4) is 0 Å². The van der Waals surface area contributed by atoms with Crippen molar-refractivity contribution in [3.05, 3.63) is 35.4 Å². The molecule has 0 aliphatic heterocycles. The van der Waals surface area contributed by atoms with Gasteiger partial charge in [0.1, 0.15) is 0 Å². The van der Waals surface area contributed by atoms with Crippen LogP contribution in [0.2, 0.25) is 0 Å². The number of hydrogen-bond donors (Lipinski definition) is 0. The maximum atomic E-state index is 2.37. The maximum absolute atomic E-state index is 2.37. The zero-order valence-electron chi connectivity index (χ0n) is 6.75. The summed E-state index contributed by atoms with van der Waals surface area (Å²) in [6.45, 7) is 2.37. The monoisotopic (exact) mass is 144 g/mol. The third kappa shape index (κ3) is 0.604. The van der Waals surface area contributed by atoms with E-state index in [1.54, 1.807) is 11.1 Å². The Morgan fingerprint density at radius 1 is 1.18 bits per heavy atom. The number of rotatable bonds is 0. The standard InChI is InChI=1S/C11H12/c1-7-8-4-2-3-5-9(8)11-6-10(7)11/h2-5,7,10-11H,6H2,1H3/t7-,10-,11-/m1/s1. The molecule has 0 unspecified atom stereocenters. The Morgan fingerprint density at radius 3 is 2.64 bits per heavy atom. The smallest absolute Gasteiger partial charge is 0.0122 e. The summed E-state index contributed by atoms with van der Waals surface area (Å²) in [4.78, 5) is 0. The summed E-state index contributed by atoms with van der Waals surface area (Å²) in [5, 5.41) is 0. The molecule has 0 heterocycles. The Hall–Kier alpha value is -0.780. The van der Waals surface area contributed by atoms with Crippen molar-refractivity contribution in [1.82, 2.24) is 0 Å². The van der Waals surface area contributed by atoms with Crippen LogP contribution in [0.1, 0.15) is 36.3 Å². The minimum atomic E-state index is 0.844. The van der Waals surface area contributed by atoms with Gasteiger partial charge in [0.25, 0.3) is 0 Å². The first-order valence-electron chi connectivity index (χ1n) is 4.47. The van der Waals surface area contributed by atoms with Crippen molar-refractivity contribution >= 4 is 0 Å². The predicted molar refractivity (Wildman–Crippen MR) is 45.7 cm³/mol. The van der Waals surface area contributed by atoms with Crippen LogP contribution < -0.4 is 0 Å². The molecule has 0 spiro atoms. The molecular formula is C11H12. The van der Waals surface area contributed by atoms with E-state index in [0.29, 0.717) is 0 Å². The van der Waals surface area contributed by atoms with Crippen LogP contribution in [-0.2, 0) is 0 Å². The van der Waals surface area contributed by atoms with E-state index in [1.807, 2.05) is 0 Å². The highest BCUT2D eigenvalue weighted by molar-refractivity contribution is 5.44. The average Bonchev–Trinajstić information content (AvgIpc) is 2.78. The van der Waals surface area contributed by atoms with Crippen LogP contribution in [0, 0.1) is 5.92 Å². The van der Waals surface area contributed by atoms with Crippen LogP contribution in [0.5, 0.6) is 0 Å². The molecule has 1 fully saturated rings. The zero-order chi connectivity index (χ0) is 7.42. The Morgan fingerprint density at radius 2 is 1.91 bits per heavy atom. The second-order valence-electron chi connectivity index (χ2n) is 3.92. The first-order chi connectivity index (χ1) is 5.38. The molecule has 0 saturated heterocycles. The predicted octanol–water partition coefficient (Wildman–Crippen LogP) is 2.91. The van der Waals surface area contributed by atoms with Crippen LogP contribution in [0.25, 0.3) is 0 Å². The minimum absolute atomic E-state index is 0.844. The van der Waals surface area contributed by atoms with Crippen molar-refractivity contribution in [2.75, 3.05) is 0 Å². The highest BCUT2D eigenvalue weighted by atomic mass is 14.5. The Balaban J connectivity index is 2.22. The summed E-state index contributed by atoms with van der Waals surface area (Å²) in [6.07, 6.45) is 1.46. The third-order valence-corrected chi connectivity index (χ3v) is 3.37. The summed E-state index contributed by atoms with van der Waals surface area (Å²) in [5.74, 6) is 2.80. The van der Waals surface area contributed by atoms with Crippen molar-refractivity contribution < 1.29 is 0 Å². The molecule has 2 aliphatic rings. The van der Waals surface area contributed by atoms with Crippen LogP contribution in [0.15, 0.2) is 24.3 Å². The molecule has 3 atom stereocenters. The number of hydrogen-bond acceptors (Lipinski definition) is 0. The lowest BCUT2D eigenvalue weighted by Gasteiger charge is -2.07. The van der Waals surface area contributed by atoms with Gasteiger partial charge in [-0.15, -0.1) is 0 Å². The molecular weight excluding hydrogens is 132 g/mol. The van der Waals surface area contributed by atoms with Crippen molar-refractivity contribution in [2.45, 2.75) is 25.2 Å². The van der Waals surface area contributed by atoms with E-state index in [1.165, 1.54) is 6.42 Å². The van der Waals surface area contributed by atoms with Crippen LogP contribution in [0.3, 0.4) is 0 Å². The largest absolute Gasteiger partial charge is 0.0620 e. The van der Waals surface area contributed by atoms with E-state index < -0.39 is 0 Å². The molecule has 3 rings (SSSR count). The van der Waals surface area contributed by atoms with Gasteiger partial charge >= 0.3 is 0 Å². The highest BCUT2D eigenvalue weighted by Crippen LogP contribution is 2.62. The summed E-state index contributed by atoms with van der Waals surface area (Å²) in [7, 11) is 0. The van der Waals surface area contributed by atoms with Gasteiger partial charge in [0.15, 0.2) is 0 Å². The Kier molecular flexibility index (Phi) is 0.892. The van der Waals surface area contributed by atoms with Gasteiger partial charge in [-0.1, -0.05) is 31.2 Å².